The average molecular weight is 328 g/mol. The molecule has 1 N–H and O–H groups in total. The Kier molecular flexibility index (Phi) is 4.24. The lowest BCUT2D eigenvalue weighted by atomic mass is 9.99. The molecule has 2 aliphatic rings. The van der Waals surface area contributed by atoms with Crippen LogP contribution in [0.3, 0.4) is 0 Å². The summed E-state index contributed by atoms with van der Waals surface area (Å²) in [7, 11) is -3.21. The van der Waals surface area contributed by atoms with Gasteiger partial charge in [-0.05, 0) is 31.4 Å². The molecule has 1 amide bonds. The summed E-state index contributed by atoms with van der Waals surface area (Å²) < 4.78 is 35.9. The Morgan fingerprint density at radius 3 is 2.91 bits per heavy atom. The number of furan rings is 1. The molecule has 3 atom stereocenters. The number of carbonyl (C=O) groups is 1. The zero-order chi connectivity index (χ0) is 15.7. The van der Waals surface area contributed by atoms with Gasteiger partial charge in [-0.25, -0.2) is 8.42 Å². The number of fused-ring (bicyclic) bond motifs is 1. The maximum absolute atomic E-state index is 12.2. The Morgan fingerprint density at radius 1 is 1.41 bits per heavy atom. The third-order valence-electron chi connectivity index (χ3n) is 4.23. The zero-order valence-corrected chi connectivity index (χ0v) is 13.2. The van der Waals surface area contributed by atoms with Gasteiger partial charge in [-0.15, -0.1) is 0 Å². The highest BCUT2D eigenvalue weighted by molar-refractivity contribution is 7.88. The highest BCUT2D eigenvalue weighted by Crippen LogP contribution is 2.32. The Morgan fingerprint density at radius 2 is 2.23 bits per heavy atom. The van der Waals surface area contributed by atoms with Crippen molar-refractivity contribution in [1.82, 2.24) is 9.62 Å². The van der Waals surface area contributed by atoms with Crippen LogP contribution >= 0.6 is 0 Å². The van der Waals surface area contributed by atoms with E-state index in [1.807, 2.05) is 0 Å². The van der Waals surface area contributed by atoms with Crippen LogP contribution in [0.2, 0.25) is 0 Å². The Labute approximate surface area is 129 Å². The van der Waals surface area contributed by atoms with Gasteiger partial charge in [-0.2, -0.15) is 4.31 Å². The first-order chi connectivity index (χ1) is 10.4. The molecule has 22 heavy (non-hydrogen) atoms. The van der Waals surface area contributed by atoms with Crippen LogP contribution in [0, 0.1) is 0 Å². The molecule has 0 bridgehead atoms. The highest BCUT2D eigenvalue weighted by atomic mass is 32.2. The number of amides is 1. The van der Waals surface area contributed by atoms with Gasteiger partial charge in [0.1, 0.15) is 11.9 Å². The van der Waals surface area contributed by atoms with E-state index in [9.17, 15) is 13.2 Å². The lowest BCUT2D eigenvalue weighted by molar-refractivity contribution is -0.143. The van der Waals surface area contributed by atoms with Crippen molar-refractivity contribution < 1.29 is 22.4 Å². The predicted octanol–water partition coefficient (Wildman–Crippen LogP) is 0.477. The quantitative estimate of drug-likeness (QED) is 0.868. The number of ether oxygens (including phenoxy) is 1. The minimum absolute atomic E-state index is 0.135. The predicted molar refractivity (Wildman–Crippen MR) is 78.4 cm³/mol. The maximum Gasteiger partial charge on any atom is 0.249 e. The second kappa shape index (κ2) is 6.02. The standard InChI is InChI=1S/C14H20N2O5S/c1-22(18,19)16-7-6-12-11(16)4-5-13(21-12)14(17)15-9-10-3-2-8-20-10/h2-3,8,11-13H,4-7,9H2,1H3,(H,15,17)/t11-,12-,13-/m0/s1. The van der Waals surface area contributed by atoms with E-state index in [2.05, 4.69) is 5.32 Å². The van der Waals surface area contributed by atoms with Crippen molar-refractivity contribution in [2.45, 2.75) is 44.1 Å². The number of sulfonamides is 1. The zero-order valence-electron chi connectivity index (χ0n) is 12.4. The van der Waals surface area contributed by atoms with Crippen LogP contribution in [0.4, 0.5) is 0 Å². The summed E-state index contributed by atoms with van der Waals surface area (Å²) in [6, 6.07) is 3.42. The van der Waals surface area contributed by atoms with Gasteiger partial charge < -0.3 is 14.5 Å². The molecule has 2 saturated heterocycles. The third-order valence-corrected chi connectivity index (χ3v) is 5.54. The molecule has 122 valence electrons. The molecule has 2 aliphatic heterocycles. The van der Waals surface area contributed by atoms with Crippen LogP contribution in [0.15, 0.2) is 22.8 Å². The molecular formula is C14H20N2O5S. The number of nitrogens with one attached hydrogen (secondary N) is 1. The molecule has 1 aromatic heterocycles. The van der Waals surface area contributed by atoms with Crippen molar-refractivity contribution in [2.24, 2.45) is 0 Å². The van der Waals surface area contributed by atoms with Crippen molar-refractivity contribution in [3.05, 3.63) is 24.2 Å². The van der Waals surface area contributed by atoms with Crippen LogP contribution in [0.1, 0.15) is 25.0 Å². The summed E-state index contributed by atoms with van der Waals surface area (Å²) in [4.78, 5) is 12.2. The number of carbonyl (C=O) groups excluding carboxylic acids is 1. The first kappa shape index (κ1) is 15.5. The minimum atomic E-state index is -3.21. The van der Waals surface area contributed by atoms with Gasteiger partial charge >= 0.3 is 0 Å². The molecule has 3 heterocycles. The van der Waals surface area contributed by atoms with Crippen molar-refractivity contribution >= 4 is 15.9 Å². The number of rotatable bonds is 4. The van der Waals surface area contributed by atoms with Gasteiger partial charge in [0.2, 0.25) is 15.9 Å². The van der Waals surface area contributed by atoms with E-state index in [-0.39, 0.29) is 18.1 Å². The lowest BCUT2D eigenvalue weighted by Crippen LogP contribution is -2.48. The van der Waals surface area contributed by atoms with Gasteiger partial charge in [0.25, 0.3) is 0 Å². The van der Waals surface area contributed by atoms with Gasteiger partial charge in [-0.3, -0.25) is 4.79 Å². The van der Waals surface area contributed by atoms with E-state index in [0.29, 0.717) is 38.1 Å². The van der Waals surface area contributed by atoms with Crippen molar-refractivity contribution in [2.75, 3.05) is 12.8 Å². The molecule has 0 unspecified atom stereocenters. The molecule has 0 aromatic carbocycles. The summed E-state index contributed by atoms with van der Waals surface area (Å²) in [6.45, 7) is 0.796. The van der Waals surface area contributed by atoms with Crippen LogP contribution in [-0.4, -0.2) is 49.7 Å². The minimum Gasteiger partial charge on any atom is -0.467 e. The smallest absolute Gasteiger partial charge is 0.249 e. The summed E-state index contributed by atoms with van der Waals surface area (Å²) in [6.07, 6.45) is 3.88. The van der Waals surface area contributed by atoms with E-state index in [0.717, 1.165) is 0 Å². The number of nitrogens with zero attached hydrogens (tertiary/aromatic N) is 1. The molecule has 0 radical (unpaired) electrons. The Hall–Kier alpha value is -1.38. The Bertz CT molecular complexity index is 628. The fourth-order valence-electron chi connectivity index (χ4n) is 3.19. The largest absolute Gasteiger partial charge is 0.467 e. The number of hydrogen-bond donors (Lipinski definition) is 1. The van der Waals surface area contributed by atoms with Crippen molar-refractivity contribution in [3.8, 4) is 0 Å². The molecule has 8 heteroatoms. The van der Waals surface area contributed by atoms with Crippen molar-refractivity contribution in [1.29, 1.82) is 0 Å². The molecular weight excluding hydrogens is 308 g/mol. The molecule has 0 spiro atoms. The van der Waals surface area contributed by atoms with E-state index in [1.165, 1.54) is 10.6 Å². The normalized spacial score (nSPS) is 29.2. The first-order valence-electron chi connectivity index (χ1n) is 7.37. The third kappa shape index (κ3) is 3.18. The SMILES string of the molecule is CS(=O)(=O)N1CC[C@@H]2O[C@H](C(=O)NCc3ccco3)CC[C@@H]21. The van der Waals surface area contributed by atoms with E-state index in [4.69, 9.17) is 9.15 Å². The van der Waals surface area contributed by atoms with Crippen LogP contribution in [0.5, 0.6) is 0 Å². The van der Waals surface area contributed by atoms with Gasteiger partial charge in [0.05, 0.1) is 31.2 Å². The summed E-state index contributed by atoms with van der Waals surface area (Å²) in [5.41, 5.74) is 0. The second-order valence-electron chi connectivity index (χ2n) is 5.77. The molecule has 0 saturated carbocycles. The monoisotopic (exact) mass is 328 g/mol. The van der Waals surface area contributed by atoms with E-state index < -0.39 is 16.1 Å². The van der Waals surface area contributed by atoms with Crippen LogP contribution in [-0.2, 0) is 26.1 Å². The van der Waals surface area contributed by atoms with Gasteiger partial charge in [-0.1, -0.05) is 0 Å². The first-order valence-corrected chi connectivity index (χ1v) is 9.22. The Balaban J connectivity index is 1.55. The van der Waals surface area contributed by atoms with E-state index >= 15 is 0 Å². The number of hydrogen-bond acceptors (Lipinski definition) is 5. The fraction of sp³-hybridized carbons (Fsp3) is 0.643. The van der Waals surface area contributed by atoms with Gasteiger partial charge in [0, 0.05) is 6.54 Å². The summed E-state index contributed by atoms with van der Waals surface area (Å²) in [5, 5.41) is 2.79. The average Bonchev–Trinajstić information content (AvgIpc) is 3.12. The van der Waals surface area contributed by atoms with Gasteiger partial charge in [0.15, 0.2) is 0 Å². The lowest BCUT2D eigenvalue weighted by Gasteiger charge is -2.34. The van der Waals surface area contributed by atoms with E-state index in [1.54, 1.807) is 18.4 Å². The molecule has 1 aromatic rings. The second-order valence-corrected chi connectivity index (χ2v) is 7.70. The maximum atomic E-state index is 12.2. The van der Waals surface area contributed by atoms with Crippen LogP contribution < -0.4 is 5.32 Å². The molecule has 0 aliphatic carbocycles. The topological polar surface area (TPSA) is 88.8 Å². The molecule has 3 rings (SSSR count). The fourth-order valence-corrected chi connectivity index (χ4v) is 4.36. The summed E-state index contributed by atoms with van der Waals surface area (Å²) in [5.74, 6) is 0.513. The molecule has 7 nitrogen and oxygen atoms in total. The summed E-state index contributed by atoms with van der Waals surface area (Å²) >= 11 is 0. The highest BCUT2D eigenvalue weighted by Gasteiger charge is 2.44. The van der Waals surface area contributed by atoms with Crippen LogP contribution in [0.25, 0.3) is 0 Å². The molecule has 2 fully saturated rings. The van der Waals surface area contributed by atoms with Crippen molar-refractivity contribution in [3.63, 3.8) is 0 Å².